The molecule has 0 aliphatic carbocycles. The van der Waals surface area contributed by atoms with Gasteiger partial charge in [-0.3, -0.25) is 14.6 Å². The van der Waals surface area contributed by atoms with Crippen LogP contribution in [-0.4, -0.2) is 41.3 Å². The number of rotatable bonds is 5. The molecular formula is C24H21N5O6. The second kappa shape index (κ2) is 8.90. The van der Waals surface area contributed by atoms with Gasteiger partial charge in [0.2, 0.25) is 11.9 Å². The van der Waals surface area contributed by atoms with E-state index in [4.69, 9.17) is 14.2 Å². The van der Waals surface area contributed by atoms with E-state index in [0.717, 1.165) is 5.56 Å². The highest BCUT2D eigenvalue weighted by Gasteiger charge is 2.40. The highest BCUT2D eigenvalue weighted by atomic mass is 16.6. The van der Waals surface area contributed by atoms with Crippen molar-refractivity contribution in [2.45, 2.75) is 12.5 Å². The molecule has 2 aliphatic rings. The Hall–Kier alpha value is -4.72. The fourth-order valence-electron chi connectivity index (χ4n) is 4.23. The molecule has 3 aromatic rings. The van der Waals surface area contributed by atoms with E-state index in [1.54, 1.807) is 6.07 Å². The standard InChI is InChI=1S/C24H21N5O6/c1-33-17-9-13(3-4-15(17)30)19-14(10-25)22(31)27-21-20(19)23(32)29-24(28-21)26-11-12-2-5-16-18(8-12)35-7-6-34-16/h2-5,8-9,14,19,30H,6-7,11H2,1H3,(H3,26,27,28,29,31,32). The van der Waals surface area contributed by atoms with Crippen LogP contribution in [0.15, 0.2) is 41.2 Å². The molecule has 178 valence electrons. The highest BCUT2D eigenvalue weighted by Crippen LogP contribution is 2.40. The van der Waals surface area contributed by atoms with Crippen LogP contribution in [0.3, 0.4) is 0 Å². The van der Waals surface area contributed by atoms with E-state index in [9.17, 15) is 20.0 Å². The predicted molar refractivity (Wildman–Crippen MR) is 124 cm³/mol. The Morgan fingerprint density at radius 3 is 2.77 bits per heavy atom. The van der Waals surface area contributed by atoms with Crippen LogP contribution in [0.2, 0.25) is 0 Å². The number of aromatic hydroxyl groups is 1. The molecule has 0 radical (unpaired) electrons. The van der Waals surface area contributed by atoms with Crippen molar-refractivity contribution in [1.29, 1.82) is 5.26 Å². The third kappa shape index (κ3) is 4.06. The summed E-state index contributed by atoms with van der Waals surface area (Å²) in [5.41, 5.74) is 0.981. The zero-order valence-electron chi connectivity index (χ0n) is 18.6. The van der Waals surface area contributed by atoms with Crippen molar-refractivity contribution < 1.29 is 24.1 Å². The molecule has 2 atom stereocenters. The van der Waals surface area contributed by atoms with Gasteiger partial charge in [0, 0.05) is 12.5 Å². The number of ether oxygens (including phenoxy) is 3. The maximum Gasteiger partial charge on any atom is 0.258 e. The number of benzene rings is 2. The number of nitriles is 1. The van der Waals surface area contributed by atoms with Crippen molar-refractivity contribution in [3.8, 4) is 29.1 Å². The Bertz CT molecular complexity index is 1410. The number of H-pyrrole nitrogens is 1. The molecule has 11 nitrogen and oxygen atoms in total. The largest absolute Gasteiger partial charge is 0.504 e. The molecular weight excluding hydrogens is 454 g/mol. The molecule has 1 amide bonds. The first-order valence-corrected chi connectivity index (χ1v) is 10.8. The van der Waals surface area contributed by atoms with Crippen molar-refractivity contribution in [3.05, 3.63) is 63.4 Å². The molecule has 0 bridgehead atoms. The average Bonchev–Trinajstić information content (AvgIpc) is 2.87. The van der Waals surface area contributed by atoms with Gasteiger partial charge in [-0.05, 0) is 35.4 Å². The second-order valence-corrected chi connectivity index (χ2v) is 8.01. The maximum atomic E-state index is 13.1. The first-order chi connectivity index (χ1) is 17.0. The average molecular weight is 475 g/mol. The van der Waals surface area contributed by atoms with E-state index in [-0.39, 0.29) is 28.8 Å². The third-order valence-corrected chi connectivity index (χ3v) is 5.89. The van der Waals surface area contributed by atoms with E-state index >= 15 is 0 Å². The summed E-state index contributed by atoms with van der Waals surface area (Å²) >= 11 is 0. The molecule has 2 aromatic carbocycles. The van der Waals surface area contributed by atoms with E-state index in [1.807, 2.05) is 24.3 Å². The summed E-state index contributed by atoms with van der Waals surface area (Å²) in [5, 5.41) is 25.2. The van der Waals surface area contributed by atoms with Gasteiger partial charge in [-0.15, -0.1) is 0 Å². The molecule has 1 aromatic heterocycles. The van der Waals surface area contributed by atoms with Gasteiger partial charge in [0.05, 0.1) is 18.7 Å². The smallest absolute Gasteiger partial charge is 0.258 e. The molecule has 5 rings (SSSR count). The molecule has 0 saturated heterocycles. The van der Waals surface area contributed by atoms with Gasteiger partial charge in [-0.25, -0.2) is 0 Å². The van der Waals surface area contributed by atoms with Gasteiger partial charge in [0.15, 0.2) is 23.0 Å². The third-order valence-electron chi connectivity index (χ3n) is 5.89. The minimum Gasteiger partial charge on any atom is -0.504 e. The van der Waals surface area contributed by atoms with Gasteiger partial charge in [0.25, 0.3) is 5.56 Å². The number of carbonyl (C=O) groups excluding carboxylic acids is 1. The monoisotopic (exact) mass is 475 g/mol. The number of hydrogen-bond donors (Lipinski definition) is 4. The number of methoxy groups -OCH3 is 1. The van der Waals surface area contributed by atoms with Gasteiger partial charge in [-0.1, -0.05) is 12.1 Å². The number of nitrogens with one attached hydrogen (secondary N) is 3. The summed E-state index contributed by atoms with van der Waals surface area (Å²) in [5.74, 6) is -1.06. The summed E-state index contributed by atoms with van der Waals surface area (Å²) in [6, 6.07) is 11.9. The lowest BCUT2D eigenvalue weighted by Crippen LogP contribution is -2.38. The summed E-state index contributed by atoms with van der Waals surface area (Å²) in [7, 11) is 1.39. The van der Waals surface area contributed by atoms with Gasteiger partial charge < -0.3 is 30.0 Å². The number of aromatic nitrogens is 2. The summed E-state index contributed by atoms with van der Waals surface area (Å²) in [6.07, 6.45) is 0. The Balaban J connectivity index is 1.47. The Labute approximate surface area is 199 Å². The van der Waals surface area contributed by atoms with Gasteiger partial charge in [0.1, 0.15) is 24.9 Å². The second-order valence-electron chi connectivity index (χ2n) is 8.01. The number of hydrogen-bond acceptors (Lipinski definition) is 9. The zero-order chi connectivity index (χ0) is 24.5. The van der Waals surface area contributed by atoms with E-state index < -0.39 is 23.3 Å². The maximum absolute atomic E-state index is 13.1. The van der Waals surface area contributed by atoms with Crippen LogP contribution in [0, 0.1) is 17.2 Å². The number of aromatic amines is 1. The summed E-state index contributed by atoms with van der Waals surface area (Å²) in [4.78, 5) is 32.9. The molecule has 0 fully saturated rings. The van der Waals surface area contributed by atoms with E-state index in [2.05, 4.69) is 20.6 Å². The van der Waals surface area contributed by atoms with Gasteiger partial charge >= 0.3 is 0 Å². The Kier molecular flexibility index (Phi) is 5.62. The normalized spacial score (nSPS) is 18.1. The first-order valence-electron chi connectivity index (χ1n) is 10.8. The summed E-state index contributed by atoms with van der Waals surface area (Å²) < 4.78 is 16.3. The van der Waals surface area contributed by atoms with Crippen LogP contribution in [0.5, 0.6) is 23.0 Å². The number of amides is 1. The SMILES string of the molecule is COc1cc(C2c3c(nc(NCc4ccc5c(c4)OCCO5)[nH]c3=O)NC(=O)C2C#N)ccc1O. The fourth-order valence-corrected chi connectivity index (χ4v) is 4.23. The minimum absolute atomic E-state index is 0.0620. The van der Waals surface area contributed by atoms with Crippen LogP contribution < -0.4 is 30.4 Å². The number of carbonyl (C=O) groups is 1. The number of anilines is 2. The molecule has 3 heterocycles. The van der Waals surface area contributed by atoms with Crippen LogP contribution in [0.4, 0.5) is 11.8 Å². The highest BCUT2D eigenvalue weighted by molar-refractivity contribution is 5.98. The van der Waals surface area contributed by atoms with Crippen molar-refractivity contribution >= 4 is 17.7 Å². The van der Waals surface area contributed by atoms with Crippen LogP contribution in [0.25, 0.3) is 0 Å². The van der Waals surface area contributed by atoms with Crippen LogP contribution in [0.1, 0.15) is 22.6 Å². The molecule has 0 saturated carbocycles. The lowest BCUT2D eigenvalue weighted by molar-refractivity contribution is -0.119. The minimum atomic E-state index is -1.17. The van der Waals surface area contributed by atoms with Crippen molar-refractivity contribution in [2.24, 2.45) is 5.92 Å². The molecule has 2 aliphatic heterocycles. The van der Waals surface area contributed by atoms with Crippen molar-refractivity contribution in [2.75, 3.05) is 31.0 Å². The zero-order valence-corrected chi connectivity index (χ0v) is 18.6. The molecule has 35 heavy (non-hydrogen) atoms. The van der Waals surface area contributed by atoms with Gasteiger partial charge in [-0.2, -0.15) is 10.2 Å². The van der Waals surface area contributed by atoms with E-state index in [0.29, 0.717) is 36.8 Å². The lowest BCUT2D eigenvalue weighted by atomic mass is 9.79. The Morgan fingerprint density at radius 2 is 2.00 bits per heavy atom. The molecule has 2 unspecified atom stereocenters. The lowest BCUT2D eigenvalue weighted by Gasteiger charge is -2.28. The molecule has 4 N–H and O–H groups in total. The van der Waals surface area contributed by atoms with Crippen LogP contribution in [-0.2, 0) is 11.3 Å². The van der Waals surface area contributed by atoms with Crippen LogP contribution >= 0.6 is 0 Å². The van der Waals surface area contributed by atoms with Crippen molar-refractivity contribution in [3.63, 3.8) is 0 Å². The predicted octanol–water partition coefficient (Wildman–Crippen LogP) is 2.09. The Morgan fingerprint density at radius 1 is 1.20 bits per heavy atom. The number of phenolic OH excluding ortho intramolecular Hbond substituents is 1. The fraction of sp³-hybridized carbons (Fsp3) is 0.250. The topological polar surface area (TPSA) is 159 Å². The van der Waals surface area contributed by atoms with Crippen molar-refractivity contribution in [1.82, 2.24) is 9.97 Å². The van der Waals surface area contributed by atoms with E-state index in [1.165, 1.54) is 19.2 Å². The molecule has 0 spiro atoms. The summed E-state index contributed by atoms with van der Waals surface area (Å²) in [6.45, 7) is 1.30. The first kappa shape index (κ1) is 22.1. The quantitative estimate of drug-likeness (QED) is 0.433. The number of nitrogens with zero attached hydrogens (tertiary/aromatic N) is 2. The number of phenols is 1. The number of fused-ring (bicyclic) bond motifs is 2. The molecule has 11 heteroatoms.